The molecule has 9 heteroatoms. The maximum Gasteiger partial charge on any atom is 0.416 e. The average molecular weight is 367 g/mol. The fourth-order valence-electron chi connectivity index (χ4n) is 2.91. The van der Waals surface area contributed by atoms with Gasteiger partial charge in [-0.3, -0.25) is 14.5 Å². The Labute approximate surface area is 145 Å². The van der Waals surface area contributed by atoms with Gasteiger partial charge in [-0.2, -0.15) is 13.2 Å². The van der Waals surface area contributed by atoms with E-state index < -0.39 is 48.1 Å². The van der Waals surface area contributed by atoms with Gasteiger partial charge >= 0.3 is 6.18 Å². The van der Waals surface area contributed by atoms with Crippen LogP contribution in [-0.4, -0.2) is 58.8 Å². The zero-order chi connectivity index (χ0) is 19.5. The van der Waals surface area contributed by atoms with Gasteiger partial charge in [0.2, 0.25) is 11.8 Å². The van der Waals surface area contributed by atoms with E-state index in [1.807, 2.05) is 0 Å². The minimum Gasteiger partial charge on any atom is -0.382 e. The van der Waals surface area contributed by atoms with Crippen molar-refractivity contribution in [3.8, 4) is 0 Å². The van der Waals surface area contributed by atoms with Crippen LogP contribution >= 0.6 is 0 Å². The van der Waals surface area contributed by atoms with E-state index >= 15 is 0 Å². The highest BCUT2D eigenvalue weighted by Gasteiger charge is 2.51. The van der Waals surface area contributed by atoms with Crippen LogP contribution < -0.4 is 11.1 Å². The van der Waals surface area contributed by atoms with Crippen LogP contribution in [0.4, 0.5) is 13.2 Å². The predicted molar refractivity (Wildman–Crippen MR) is 86.4 cm³/mol. The number of hydrogen-bond acceptors (Lipinski definition) is 5. The number of halogens is 3. The van der Waals surface area contributed by atoms with Gasteiger partial charge in [0.15, 0.2) is 6.10 Å². The number of nitrogens with zero attached hydrogens (tertiary/aromatic N) is 1. The second kappa shape index (κ2) is 8.46. The summed E-state index contributed by atoms with van der Waals surface area (Å²) in [5.74, 6) is -2.82. The fourth-order valence-corrected chi connectivity index (χ4v) is 2.91. The molecule has 0 aromatic carbocycles. The number of amides is 2. The first-order valence-corrected chi connectivity index (χ1v) is 8.50. The summed E-state index contributed by atoms with van der Waals surface area (Å²) in [6.45, 7) is 6.68. The molecule has 6 nitrogen and oxygen atoms in total. The molecule has 2 amide bonds. The molecule has 1 rings (SSSR count). The van der Waals surface area contributed by atoms with Crippen molar-refractivity contribution in [1.29, 1.82) is 0 Å². The summed E-state index contributed by atoms with van der Waals surface area (Å²) in [5.41, 5.74) is 5.82. The van der Waals surface area contributed by atoms with Crippen LogP contribution in [0.5, 0.6) is 0 Å². The topological polar surface area (TPSA) is 95.7 Å². The summed E-state index contributed by atoms with van der Waals surface area (Å²) >= 11 is 0. The van der Waals surface area contributed by atoms with Gasteiger partial charge < -0.3 is 16.2 Å². The van der Waals surface area contributed by atoms with Gasteiger partial charge in [0.1, 0.15) is 0 Å². The van der Waals surface area contributed by atoms with E-state index in [1.54, 1.807) is 13.8 Å². The van der Waals surface area contributed by atoms with Gasteiger partial charge in [0.25, 0.3) is 0 Å². The summed E-state index contributed by atoms with van der Waals surface area (Å²) in [6, 6.07) is -3.61. The van der Waals surface area contributed by atoms with E-state index in [0.29, 0.717) is 24.3 Å². The minimum absolute atomic E-state index is 0.366. The Kier molecular flexibility index (Phi) is 7.40. The van der Waals surface area contributed by atoms with Gasteiger partial charge in [-0.15, -0.1) is 0 Å². The molecule has 0 radical (unpaired) electrons. The van der Waals surface area contributed by atoms with Crippen molar-refractivity contribution < 1.29 is 27.9 Å². The first-order valence-electron chi connectivity index (χ1n) is 8.50. The summed E-state index contributed by atoms with van der Waals surface area (Å²) in [5, 5.41) is 12.7. The standard InChI is InChI=1S/C16H28F3N3O3/c1-8(2)11(20)15(25)22(14(24)10-6-5-7-21-10)12(9(3)4)13(23)16(17,18)19/h8-13,21,23H,5-7,20H2,1-4H3/t10-,11+,12?,13+/m1/s1. The molecule has 1 heterocycles. The molecule has 1 fully saturated rings. The molecule has 0 saturated carbocycles. The smallest absolute Gasteiger partial charge is 0.382 e. The number of carbonyl (C=O) groups is 2. The van der Waals surface area contributed by atoms with Gasteiger partial charge in [-0.1, -0.05) is 27.7 Å². The zero-order valence-electron chi connectivity index (χ0n) is 15.0. The van der Waals surface area contributed by atoms with Crippen molar-refractivity contribution in [2.75, 3.05) is 6.54 Å². The monoisotopic (exact) mass is 367 g/mol. The third-order valence-electron chi connectivity index (χ3n) is 4.48. The summed E-state index contributed by atoms with van der Waals surface area (Å²) < 4.78 is 39.4. The second-order valence-electron chi connectivity index (χ2n) is 7.19. The Morgan fingerprint density at radius 1 is 1.20 bits per heavy atom. The molecule has 0 aromatic heterocycles. The van der Waals surface area contributed by atoms with Gasteiger partial charge in [-0.05, 0) is 31.2 Å². The fraction of sp³-hybridized carbons (Fsp3) is 0.875. The summed E-state index contributed by atoms with van der Waals surface area (Å²) in [7, 11) is 0. The van der Waals surface area contributed by atoms with Crippen molar-refractivity contribution in [3.05, 3.63) is 0 Å². The Bertz CT molecular complexity index is 463. The quantitative estimate of drug-likeness (QED) is 0.652. The lowest BCUT2D eigenvalue weighted by Crippen LogP contribution is -2.63. The Balaban J connectivity index is 3.30. The van der Waals surface area contributed by atoms with E-state index in [4.69, 9.17) is 5.73 Å². The molecular weight excluding hydrogens is 339 g/mol. The Hall–Kier alpha value is -1.19. The van der Waals surface area contributed by atoms with Crippen LogP contribution in [0.25, 0.3) is 0 Å². The molecule has 0 spiro atoms. The highest BCUT2D eigenvalue weighted by Crippen LogP contribution is 2.30. The van der Waals surface area contributed by atoms with Crippen LogP contribution in [0.2, 0.25) is 0 Å². The van der Waals surface area contributed by atoms with Crippen LogP contribution in [-0.2, 0) is 9.59 Å². The number of alkyl halides is 3. The van der Waals surface area contributed by atoms with Crippen molar-refractivity contribution in [1.82, 2.24) is 10.2 Å². The molecule has 0 aliphatic carbocycles. The number of hydrogen-bond donors (Lipinski definition) is 3. The van der Waals surface area contributed by atoms with E-state index in [2.05, 4.69) is 5.32 Å². The number of nitrogens with one attached hydrogen (secondary N) is 1. The summed E-state index contributed by atoms with van der Waals surface area (Å²) in [4.78, 5) is 26.1. The van der Waals surface area contributed by atoms with Gasteiger partial charge in [-0.25, -0.2) is 0 Å². The molecule has 4 N–H and O–H groups in total. The zero-order valence-corrected chi connectivity index (χ0v) is 15.0. The van der Waals surface area contributed by atoms with Crippen molar-refractivity contribution >= 4 is 11.8 Å². The van der Waals surface area contributed by atoms with Crippen molar-refractivity contribution in [2.24, 2.45) is 17.6 Å². The number of carbonyl (C=O) groups excluding carboxylic acids is 2. The molecular formula is C16H28F3N3O3. The van der Waals surface area contributed by atoms with E-state index in [1.165, 1.54) is 13.8 Å². The first-order chi connectivity index (χ1) is 11.4. The molecule has 0 aromatic rings. The molecule has 146 valence electrons. The molecule has 4 atom stereocenters. The predicted octanol–water partition coefficient (Wildman–Crippen LogP) is 1.02. The molecule has 1 saturated heterocycles. The molecule has 1 unspecified atom stereocenters. The van der Waals surface area contributed by atoms with Crippen molar-refractivity contribution in [2.45, 2.75) is 70.9 Å². The van der Waals surface area contributed by atoms with Gasteiger partial charge in [0.05, 0.1) is 18.1 Å². The third kappa shape index (κ3) is 5.15. The number of imide groups is 1. The number of aliphatic hydroxyl groups excluding tert-OH is 1. The largest absolute Gasteiger partial charge is 0.416 e. The Morgan fingerprint density at radius 2 is 1.76 bits per heavy atom. The van der Waals surface area contributed by atoms with E-state index in [0.717, 1.165) is 0 Å². The first kappa shape index (κ1) is 21.9. The normalized spacial score (nSPS) is 22.1. The number of aliphatic hydroxyl groups is 1. The number of nitrogens with two attached hydrogens (primary N) is 1. The van der Waals surface area contributed by atoms with E-state index in [9.17, 15) is 27.9 Å². The maximum atomic E-state index is 13.1. The lowest BCUT2D eigenvalue weighted by atomic mass is 9.93. The molecule has 1 aliphatic heterocycles. The Morgan fingerprint density at radius 3 is 2.12 bits per heavy atom. The van der Waals surface area contributed by atoms with Crippen molar-refractivity contribution in [3.63, 3.8) is 0 Å². The summed E-state index contributed by atoms with van der Waals surface area (Å²) in [6.07, 6.45) is -6.69. The van der Waals surface area contributed by atoms with Crippen LogP contribution in [0, 0.1) is 11.8 Å². The molecule has 1 aliphatic rings. The van der Waals surface area contributed by atoms with Crippen LogP contribution in [0.1, 0.15) is 40.5 Å². The number of rotatable bonds is 6. The highest BCUT2D eigenvalue weighted by molar-refractivity contribution is 6.00. The SMILES string of the molecule is CC(C)C([C@H](O)C(F)(F)F)N(C(=O)[C@@H](N)C(C)C)C(=O)[C@H]1CCCN1. The van der Waals surface area contributed by atoms with Crippen LogP contribution in [0.15, 0.2) is 0 Å². The maximum absolute atomic E-state index is 13.1. The van der Waals surface area contributed by atoms with Crippen LogP contribution in [0.3, 0.4) is 0 Å². The molecule has 25 heavy (non-hydrogen) atoms. The van der Waals surface area contributed by atoms with Gasteiger partial charge in [0, 0.05) is 0 Å². The molecule has 0 bridgehead atoms. The lowest BCUT2D eigenvalue weighted by Gasteiger charge is -2.39. The second-order valence-corrected chi connectivity index (χ2v) is 7.19. The third-order valence-corrected chi connectivity index (χ3v) is 4.48. The minimum atomic E-state index is -4.96. The lowest BCUT2D eigenvalue weighted by molar-refractivity contribution is -0.226. The van der Waals surface area contributed by atoms with E-state index in [-0.39, 0.29) is 5.92 Å². The average Bonchev–Trinajstić information content (AvgIpc) is 3.02. The highest BCUT2D eigenvalue weighted by atomic mass is 19.4.